The van der Waals surface area contributed by atoms with E-state index in [-0.39, 0.29) is 10.6 Å². The second-order valence-electron chi connectivity index (χ2n) is 2.81. The van der Waals surface area contributed by atoms with Crippen LogP contribution in [0, 0.1) is 11.6 Å². The van der Waals surface area contributed by atoms with Gasteiger partial charge in [-0.3, -0.25) is 4.79 Å². The zero-order valence-electron chi connectivity index (χ0n) is 7.41. The topological polar surface area (TPSA) is 30.0 Å². The number of nitrogens with zero attached hydrogens (tertiary/aromatic N) is 1. The van der Waals surface area contributed by atoms with Gasteiger partial charge in [0.25, 0.3) is 0 Å². The molecule has 0 saturated heterocycles. The first-order chi connectivity index (χ1) is 7.20. The van der Waals surface area contributed by atoms with Crippen molar-refractivity contribution in [2.75, 3.05) is 0 Å². The van der Waals surface area contributed by atoms with E-state index in [4.69, 9.17) is 0 Å². The molecule has 0 aliphatic heterocycles. The van der Waals surface area contributed by atoms with E-state index in [1.165, 1.54) is 6.07 Å². The first-order valence-corrected chi connectivity index (χ1v) is 4.95. The first-order valence-electron chi connectivity index (χ1n) is 4.07. The predicted molar refractivity (Wildman–Crippen MR) is 52.9 cm³/mol. The van der Waals surface area contributed by atoms with Crippen molar-refractivity contribution < 1.29 is 13.6 Å². The Labute approximate surface area is 88.2 Å². The number of thiazole rings is 1. The number of benzene rings is 1. The van der Waals surface area contributed by atoms with Gasteiger partial charge in [-0.25, -0.2) is 13.8 Å². The highest BCUT2D eigenvalue weighted by Gasteiger charge is 2.09. The average molecular weight is 225 g/mol. The van der Waals surface area contributed by atoms with Crippen molar-refractivity contribution in [3.63, 3.8) is 0 Å². The summed E-state index contributed by atoms with van der Waals surface area (Å²) in [6.45, 7) is 0. The molecule has 1 aromatic carbocycles. The Morgan fingerprint density at radius 3 is 2.73 bits per heavy atom. The number of hydrogen-bond donors (Lipinski definition) is 0. The normalized spacial score (nSPS) is 10.3. The fourth-order valence-electron chi connectivity index (χ4n) is 1.16. The Hall–Kier alpha value is -1.62. The van der Waals surface area contributed by atoms with E-state index in [1.54, 1.807) is 5.38 Å². The van der Waals surface area contributed by atoms with E-state index in [2.05, 4.69) is 4.98 Å². The highest BCUT2D eigenvalue weighted by Crippen LogP contribution is 2.24. The van der Waals surface area contributed by atoms with E-state index in [0.29, 0.717) is 12.0 Å². The summed E-state index contributed by atoms with van der Waals surface area (Å²) in [4.78, 5) is 14.3. The standard InChI is InChI=1S/C10H5F2NOS/c11-6-1-2-7(8(12)3-6)9-5-15-10(4-14)13-9/h1-5H. The number of aromatic nitrogens is 1. The summed E-state index contributed by atoms with van der Waals surface area (Å²) in [5.41, 5.74) is 0.542. The molecule has 0 radical (unpaired) electrons. The Balaban J connectivity index is 2.49. The molecule has 0 spiro atoms. The molecule has 2 rings (SSSR count). The van der Waals surface area contributed by atoms with Gasteiger partial charge in [-0.1, -0.05) is 0 Å². The monoisotopic (exact) mass is 225 g/mol. The lowest BCUT2D eigenvalue weighted by Crippen LogP contribution is -1.87. The smallest absolute Gasteiger partial charge is 0.178 e. The fourth-order valence-corrected chi connectivity index (χ4v) is 1.78. The summed E-state index contributed by atoms with van der Waals surface area (Å²) in [6.07, 6.45) is 0.593. The van der Waals surface area contributed by atoms with Crippen molar-refractivity contribution in [1.29, 1.82) is 0 Å². The molecule has 2 aromatic rings. The Bertz CT molecular complexity index is 510. The SMILES string of the molecule is O=Cc1nc(-c2ccc(F)cc2F)cs1. The van der Waals surface area contributed by atoms with Crippen LogP contribution in [0.3, 0.4) is 0 Å². The minimum atomic E-state index is -0.683. The number of rotatable bonds is 2. The molecule has 2 nitrogen and oxygen atoms in total. The first kappa shape index (κ1) is 9.92. The van der Waals surface area contributed by atoms with Crippen molar-refractivity contribution in [2.24, 2.45) is 0 Å². The molecular weight excluding hydrogens is 220 g/mol. The third-order valence-corrected chi connectivity index (χ3v) is 2.60. The predicted octanol–water partition coefficient (Wildman–Crippen LogP) is 2.90. The van der Waals surface area contributed by atoms with Crippen LogP contribution < -0.4 is 0 Å². The molecule has 0 aliphatic rings. The molecule has 0 amide bonds. The molecule has 0 N–H and O–H groups in total. The number of halogens is 2. The zero-order valence-corrected chi connectivity index (χ0v) is 8.22. The lowest BCUT2D eigenvalue weighted by molar-refractivity contribution is 0.112. The quantitative estimate of drug-likeness (QED) is 0.735. The van der Waals surface area contributed by atoms with Crippen molar-refractivity contribution in [3.05, 3.63) is 40.2 Å². The molecule has 0 saturated carbocycles. The van der Waals surface area contributed by atoms with Gasteiger partial charge in [-0.05, 0) is 12.1 Å². The summed E-state index contributed by atoms with van der Waals surface area (Å²) in [7, 11) is 0. The van der Waals surface area contributed by atoms with Crippen molar-refractivity contribution in [2.45, 2.75) is 0 Å². The minimum absolute atomic E-state index is 0.195. The Kier molecular flexibility index (Phi) is 2.55. The fraction of sp³-hybridized carbons (Fsp3) is 0. The molecule has 15 heavy (non-hydrogen) atoms. The van der Waals surface area contributed by atoms with E-state index in [1.807, 2.05) is 0 Å². The van der Waals surface area contributed by atoms with Gasteiger partial charge in [-0.15, -0.1) is 11.3 Å². The second-order valence-corrected chi connectivity index (χ2v) is 3.70. The highest BCUT2D eigenvalue weighted by molar-refractivity contribution is 7.11. The third-order valence-electron chi connectivity index (χ3n) is 1.83. The summed E-state index contributed by atoms with van der Waals surface area (Å²) >= 11 is 1.12. The summed E-state index contributed by atoms with van der Waals surface area (Å²) in [5.74, 6) is -1.32. The number of carbonyl (C=O) groups is 1. The molecule has 0 fully saturated rings. The summed E-state index contributed by atoms with van der Waals surface area (Å²) in [5, 5.41) is 1.83. The maximum absolute atomic E-state index is 13.3. The highest BCUT2D eigenvalue weighted by atomic mass is 32.1. The van der Waals surface area contributed by atoms with Gasteiger partial charge in [0.15, 0.2) is 11.3 Å². The van der Waals surface area contributed by atoms with Crippen LogP contribution in [-0.2, 0) is 0 Å². The van der Waals surface area contributed by atoms with E-state index >= 15 is 0 Å². The maximum atomic E-state index is 13.3. The Morgan fingerprint density at radius 1 is 1.33 bits per heavy atom. The largest absolute Gasteiger partial charge is 0.295 e. The molecule has 0 unspecified atom stereocenters. The third kappa shape index (κ3) is 1.92. The van der Waals surface area contributed by atoms with Crippen molar-refractivity contribution in [3.8, 4) is 11.3 Å². The molecule has 1 aromatic heterocycles. The van der Waals surface area contributed by atoms with Gasteiger partial charge >= 0.3 is 0 Å². The van der Waals surface area contributed by atoms with E-state index in [9.17, 15) is 13.6 Å². The molecule has 1 heterocycles. The summed E-state index contributed by atoms with van der Waals surface area (Å²) < 4.78 is 25.9. The van der Waals surface area contributed by atoms with E-state index < -0.39 is 11.6 Å². The van der Waals surface area contributed by atoms with Crippen molar-refractivity contribution in [1.82, 2.24) is 4.98 Å². The van der Waals surface area contributed by atoms with Gasteiger partial charge in [0.1, 0.15) is 11.6 Å². The Morgan fingerprint density at radius 2 is 2.13 bits per heavy atom. The van der Waals surface area contributed by atoms with Crippen LogP contribution >= 0.6 is 11.3 Å². The van der Waals surface area contributed by atoms with Crippen LogP contribution in [0.1, 0.15) is 9.80 Å². The van der Waals surface area contributed by atoms with Crippen LogP contribution in [0.5, 0.6) is 0 Å². The number of hydrogen-bond acceptors (Lipinski definition) is 3. The number of aldehydes is 1. The molecular formula is C10H5F2NOS. The van der Waals surface area contributed by atoms with Crippen LogP contribution in [0.4, 0.5) is 8.78 Å². The molecule has 0 bridgehead atoms. The number of carbonyl (C=O) groups excluding carboxylic acids is 1. The minimum Gasteiger partial charge on any atom is -0.295 e. The average Bonchev–Trinajstić information content (AvgIpc) is 2.66. The van der Waals surface area contributed by atoms with Crippen LogP contribution in [0.2, 0.25) is 0 Å². The molecule has 0 aliphatic carbocycles. The molecule has 0 atom stereocenters. The second kappa shape index (κ2) is 3.86. The van der Waals surface area contributed by atoms with Gasteiger partial charge in [0, 0.05) is 17.0 Å². The summed E-state index contributed by atoms with van der Waals surface area (Å²) in [6, 6.07) is 3.24. The maximum Gasteiger partial charge on any atom is 0.178 e. The van der Waals surface area contributed by atoms with Gasteiger partial charge in [0.2, 0.25) is 0 Å². The molecule has 76 valence electrons. The van der Waals surface area contributed by atoms with Gasteiger partial charge in [-0.2, -0.15) is 0 Å². The van der Waals surface area contributed by atoms with Crippen LogP contribution in [-0.4, -0.2) is 11.3 Å². The lowest BCUT2D eigenvalue weighted by atomic mass is 10.1. The lowest BCUT2D eigenvalue weighted by Gasteiger charge is -1.98. The van der Waals surface area contributed by atoms with Gasteiger partial charge in [0.05, 0.1) is 5.69 Å². The van der Waals surface area contributed by atoms with E-state index in [0.717, 1.165) is 23.5 Å². The zero-order chi connectivity index (χ0) is 10.8. The van der Waals surface area contributed by atoms with Crippen LogP contribution in [0.15, 0.2) is 23.6 Å². The van der Waals surface area contributed by atoms with Crippen LogP contribution in [0.25, 0.3) is 11.3 Å². The molecule has 5 heteroatoms. The van der Waals surface area contributed by atoms with Crippen molar-refractivity contribution >= 4 is 17.6 Å². The van der Waals surface area contributed by atoms with Gasteiger partial charge < -0.3 is 0 Å².